The highest BCUT2D eigenvalue weighted by molar-refractivity contribution is 6.31. The molecule has 1 aliphatic rings. The molecule has 35 heavy (non-hydrogen) atoms. The molecule has 3 aromatic rings. The smallest absolute Gasteiger partial charge is 0.254 e. The number of carbonyl (C=O) groups is 2. The minimum Gasteiger partial charge on any atom is -0.495 e. The molecule has 0 radical (unpaired) electrons. The number of nitrogens with one attached hydrogen (secondary N) is 1. The first-order valence-electron chi connectivity index (χ1n) is 11.1. The van der Waals surface area contributed by atoms with Crippen LogP contribution in [0.4, 0.5) is 10.1 Å². The summed E-state index contributed by atoms with van der Waals surface area (Å²) in [7, 11) is 3.05. The highest BCUT2D eigenvalue weighted by Gasteiger charge is 2.44. The maximum atomic E-state index is 13.9. The summed E-state index contributed by atoms with van der Waals surface area (Å²) in [5.74, 6) is -1.30. The molecular weight excluding hydrogens is 471 g/mol. The van der Waals surface area contributed by atoms with Crippen LogP contribution in [0.3, 0.4) is 0 Å². The van der Waals surface area contributed by atoms with Gasteiger partial charge in [-0.1, -0.05) is 41.9 Å². The minimum atomic E-state index is -0.771. The summed E-state index contributed by atoms with van der Waals surface area (Å²) in [6.45, 7) is 2.38. The van der Waals surface area contributed by atoms with E-state index >= 15 is 0 Å². The van der Waals surface area contributed by atoms with Crippen molar-refractivity contribution in [2.24, 2.45) is 0 Å². The lowest BCUT2D eigenvalue weighted by Crippen LogP contribution is -2.47. The largest absolute Gasteiger partial charge is 0.495 e. The lowest BCUT2D eigenvalue weighted by Gasteiger charge is -2.41. The number of hydrogen-bond donors (Lipinski definition) is 1. The van der Waals surface area contributed by atoms with Crippen LogP contribution in [0.5, 0.6) is 5.75 Å². The van der Waals surface area contributed by atoms with Crippen LogP contribution in [0, 0.1) is 12.7 Å². The molecule has 0 bridgehead atoms. The van der Waals surface area contributed by atoms with E-state index in [1.807, 2.05) is 6.92 Å². The zero-order valence-corrected chi connectivity index (χ0v) is 20.4. The third-order valence-electron chi connectivity index (χ3n) is 6.21. The fourth-order valence-electron chi connectivity index (χ4n) is 4.48. The van der Waals surface area contributed by atoms with Gasteiger partial charge in [0.25, 0.3) is 5.91 Å². The Bertz CT molecular complexity index is 1250. The molecule has 1 aliphatic heterocycles. The van der Waals surface area contributed by atoms with Gasteiger partial charge in [-0.3, -0.25) is 9.59 Å². The van der Waals surface area contributed by atoms with Crippen molar-refractivity contribution in [1.82, 2.24) is 4.90 Å². The number of ether oxygens (including phenoxy) is 2. The predicted octanol–water partition coefficient (Wildman–Crippen LogP) is 5.36. The Morgan fingerprint density at radius 1 is 1.11 bits per heavy atom. The Morgan fingerprint density at radius 3 is 2.51 bits per heavy atom. The number of fused-ring (bicyclic) bond motifs is 1. The van der Waals surface area contributed by atoms with Crippen molar-refractivity contribution in [1.29, 1.82) is 0 Å². The van der Waals surface area contributed by atoms with Gasteiger partial charge in [-0.2, -0.15) is 0 Å². The van der Waals surface area contributed by atoms with Crippen LogP contribution in [-0.4, -0.2) is 44.1 Å². The van der Waals surface area contributed by atoms with Gasteiger partial charge in [0.15, 0.2) is 0 Å². The highest BCUT2D eigenvalue weighted by Crippen LogP contribution is 2.44. The van der Waals surface area contributed by atoms with E-state index < -0.39 is 17.8 Å². The molecule has 4 rings (SSSR count). The normalized spacial score (nSPS) is 17.2. The molecular formula is C27H26ClFN2O4. The number of carbonyl (C=O) groups excluding carboxylic acids is 2. The van der Waals surface area contributed by atoms with Gasteiger partial charge >= 0.3 is 0 Å². The fourth-order valence-corrected chi connectivity index (χ4v) is 4.64. The Morgan fingerprint density at radius 2 is 1.83 bits per heavy atom. The van der Waals surface area contributed by atoms with Crippen LogP contribution >= 0.6 is 11.6 Å². The van der Waals surface area contributed by atoms with E-state index in [0.717, 1.165) is 5.56 Å². The van der Waals surface area contributed by atoms with E-state index in [4.69, 9.17) is 21.1 Å². The molecule has 182 valence electrons. The molecule has 0 saturated heterocycles. The Labute approximate surface area is 208 Å². The van der Waals surface area contributed by atoms with Gasteiger partial charge in [-0.15, -0.1) is 0 Å². The van der Waals surface area contributed by atoms with Crippen molar-refractivity contribution in [3.05, 3.63) is 93.8 Å². The molecule has 1 N–H and O–H groups in total. The van der Waals surface area contributed by atoms with Gasteiger partial charge in [0.2, 0.25) is 5.91 Å². The number of nitrogens with zero attached hydrogens (tertiary/aromatic N) is 1. The first-order valence-corrected chi connectivity index (χ1v) is 11.5. The number of aryl methyl sites for hydroxylation is 1. The van der Waals surface area contributed by atoms with E-state index in [1.165, 1.54) is 19.2 Å². The molecule has 0 saturated carbocycles. The first-order chi connectivity index (χ1) is 16.8. The van der Waals surface area contributed by atoms with E-state index in [9.17, 15) is 14.0 Å². The molecule has 0 unspecified atom stereocenters. The lowest BCUT2D eigenvalue weighted by molar-refractivity contribution is -0.119. The standard InChI is InChI=1S/C27H26ClFN2O4/c1-16-14-22(23(35-3)15-21(16)28)30-26(32)24-19-6-4-5-7-20(19)27(33)31(12-13-34-2)25(24)17-8-10-18(29)11-9-17/h4-11,14-15,24-25H,12-13H2,1-3H3,(H,30,32)/t24-,25-/m1/s1. The van der Waals surface area contributed by atoms with Crippen molar-refractivity contribution >= 4 is 29.1 Å². The van der Waals surface area contributed by atoms with Crippen molar-refractivity contribution in [2.75, 3.05) is 32.7 Å². The predicted molar refractivity (Wildman–Crippen MR) is 133 cm³/mol. The van der Waals surface area contributed by atoms with E-state index in [-0.39, 0.29) is 25.0 Å². The summed E-state index contributed by atoms with van der Waals surface area (Å²) in [4.78, 5) is 29.1. The van der Waals surface area contributed by atoms with Gasteiger partial charge in [0.05, 0.1) is 31.4 Å². The van der Waals surface area contributed by atoms with Crippen LogP contribution in [0.25, 0.3) is 0 Å². The van der Waals surface area contributed by atoms with Gasteiger partial charge in [0, 0.05) is 30.3 Å². The van der Waals surface area contributed by atoms with Gasteiger partial charge in [0.1, 0.15) is 11.6 Å². The Balaban J connectivity index is 1.84. The lowest BCUT2D eigenvalue weighted by atomic mass is 9.79. The van der Waals surface area contributed by atoms with Gasteiger partial charge in [-0.05, 0) is 47.9 Å². The summed E-state index contributed by atoms with van der Waals surface area (Å²) in [5, 5.41) is 3.49. The number of rotatable bonds is 7. The number of anilines is 1. The topological polar surface area (TPSA) is 67.9 Å². The Kier molecular flexibility index (Phi) is 7.38. The quantitative estimate of drug-likeness (QED) is 0.478. The van der Waals surface area contributed by atoms with Gasteiger partial charge in [-0.25, -0.2) is 4.39 Å². The number of methoxy groups -OCH3 is 2. The number of hydrogen-bond acceptors (Lipinski definition) is 4. The zero-order chi connectivity index (χ0) is 25.1. The average Bonchev–Trinajstić information content (AvgIpc) is 2.86. The van der Waals surface area contributed by atoms with Gasteiger partial charge < -0.3 is 19.7 Å². The van der Waals surface area contributed by atoms with E-state index in [1.54, 1.807) is 60.5 Å². The van der Waals surface area contributed by atoms with Crippen LogP contribution in [0.2, 0.25) is 5.02 Å². The van der Waals surface area contributed by atoms with Crippen LogP contribution in [-0.2, 0) is 9.53 Å². The molecule has 0 aliphatic carbocycles. The molecule has 2 atom stereocenters. The molecule has 0 aromatic heterocycles. The van der Waals surface area contributed by atoms with Crippen molar-refractivity contribution in [3.63, 3.8) is 0 Å². The first kappa shape index (κ1) is 24.7. The average molecular weight is 497 g/mol. The number of halogens is 2. The summed E-state index contributed by atoms with van der Waals surface area (Å²) in [6, 6.07) is 15.6. The summed E-state index contributed by atoms with van der Waals surface area (Å²) in [5.41, 5.74) is 2.93. The molecule has 8 heteroatoms. The SMILES string of the molecule is COCCN1C(=O)c2ccccc2[C@@H](C(=O)Nc2cc(C)c(Cl)cc2OC)[C@H]1c1ccc(F)cc1. The molecule has 2 amide bonds. The van der Waals surface area contributed by atoms with E-state index in [0.29, 0.717) is 33.1 Å². The second kappa shape index (κ2) is 10.5. The van der Waals surface area contributed by atoms with Crippen molar-refractivity contribution in [3.8, 4) is 5.75 Å². The third kappa shape index (κ3) is 4.88. The Hall–Kier alpha value is -3.42. The molecule has 0 spiro atoms. The van der Waals surface area contributed by atoms with Crippen molar-refractivity contribution < 1.29 is 23.5 Å². The fraction of sp³-hybridized carbons (Fsp3) is 0.259. The maximum absolute atomic E-state index is 13.9. The molecule has 1 heterocycles. The summed E-state index contributed by atoms with van der Waals surface area (Å²) >= 11 is 6.24. The molecule has 6 nitrogen and oxygen atoms in total. The number of benzene rings is 3. The van der Waals surface area contributed by atoms with Crippen LogP contribution in [0.15, 0.2) is 60.7 Å². The third-order valence-corrected chi connectivity index (χ3v) is 6.61. The summed E-state index contributed by atoms with van der Waals surface area (Å²) in [6.07, 6.45) is 0. The summed E-state index contributed by atoms with van der Waals surface area (Å²) < 4.78 is 24.4. The molecule has 0 fully saturated rings. The van der Waals surface area contributed by atoms with Crippen LogP contribution < -0.4 is 10.1 Å². The second-order valence-electron chi connectivity index (χ2n) is 8.34. The highest BCUT2D eigenvalue weighted by atomic mass is 35.5. The second-order valence-corrected chi connectivity index (χ2v) is 8.75. The monoisotopic (exact) mass is 496 g/mol. The minimum absolute atomic E-state index is 0.212. The zero-order valence-electron chi connectivity index (χ0n) is 19.7. The molecule has 3 aromatic carbocycles. The maximum Gasteiger partial charge on any atom is 0.254 e. The number of amides is 2. The van der Waals surface area contributed by atoms with Crippen LogP contribution in [0.1, 0.15) is 39.0 Å². The van der Waals surface area contributed by atoms with Crippen molar-refractivity contribution in [2.45, 2.75) is 18.9 Å². The van der Waals surface area contributed by atoms with E-state index in [2.05, 4.69) is 5.32 Å².